The number of anilines is 1. The van der Waals surface area contributed by atoms with Crippen molar-refractivity contribution in [3.05, 3.63) is 45.8 Å². The van der Waals surface area contributed by atoms with E-state index < -0.39 is 41.1 Å². The van der Waals surface area contributed by atoms with Crippen LogP contribution in [0, 0.1) is 10.1 Å². The Bertz CT molecular complexity index is 856. The summed E-state index contributed by atoms with van der Waals surface area (Å²) in [7, 11) is 1.22. The second-order valence-electron chi connectivity index (χ2n) is 5.35. The Morgan fingerprint density at radius 2 is 1.93 bits per heavy atom. The number of carbonyl (C=O) groups is 1. The van der Waals surface area contributed by atoms with E-state index in [4.69, 9.17) is 4.74 Å². The Labute approximate surface area is 149 Å². The summed E-state index contributed by atoms with van der Waals surface area (Å²) >= 11 is 0. The number of nitrogens with zero attached hydrogens (tertiary/aromatic N) is 3. The van der Waals surface area contributed by atoms with E-state index in [2.05, 4.69) is 10.4 Å². The number of nitro groups is 1. The van der Waals surface area contributed by atoms with Crippen LogP contribution in [0.25, 0.3) is 0 Å². The van der Waals surface area contributed by atoms with Gasteiger partial charge in [-0.05, 0) is 19.1 Å². The van der Waals surface area contributed by atoms with Crippen LogP contribution in [0.4, 0.5) is 28.9 Å². The zero-order chi connectivity index (χ0) is 20.3. The normalized spacial score (nSPS) is 12.3. The molecule has 0 aliphatic rings. The number of carbonyl (C=O) groups excluding carboxylic acids is 1. The maximum Gasteiger partial charge on any atom is 0.282 e. The number of rotatable bonds is 7. The molecule has 0 radical (unpaired) electrons. The van der Waals surface area contributed by atoms with Crippen LogP contribution < -0.4 is 10.1 Å². The van der Waals surface area contributed by atoms with Crippen molar-refractivity contribution in [3.63, 3.8) is 0 Å². The highest BCUT2D eigenvalue weighted by Gasteiger charge is 2.27. The van der Waals surface area contributed by atoms with Crippen molar-refractivity contribution in [1.82, 2.24) is 9.78 Å². The number of alkyl halides is 4. The number of benzene rings is 1. The molecule has 8 nitrogen and oxygen atoms in total. The Balaban J connectivity index is 2.30. The van der Waals surface area contributed by atoms with Crippen LogP contribution in [0.5, 0.6) is 5.75 Å². The van der Waals surface area contributed by atoms with E-state index in [1.165, 1.54) is 20.1 Å². The van der Waals surface area contributed by atoms with Crippen molar-refractivity contribution >= 4 is 17.3 Å². The van der Waals surface area contributed by atoms with E-state index in [1.54, 1.807) is 0 Å². The molecule has 0 bridgehead atoms. The maximum absolute atomic E-state index is 13.1. The molecule has 0 saturated carbocycles. The lowest BCUT2D eigenvalue weighted by atomic mass is 10.2. The van der Waals surface area contributed by atoms with Gasteiger partial charge in [0.25, 0.3) is 18.5 Å². The van der Waals surface area contributed by atoms with Crippen LogP contribution in [-0.2, 0) is 4.79 Å². The summed E-state index contributed by atoms with van der Waals surface area (Å²) in [6.45, 7) is 1.20. The first kappa shape index (κ1) is 20.1. The predicted octanol–water partition coefficient (Wildman–Crippen LogP) is 3.87. The molecule has 1 unspecified atom stereocenters. The molecule has 1 aromatic carbocycles. The lowest BCUT2D eigenvalue weighted by Gasteiger charge is -2.16. The molecule has 2 rings (SSSR count). The maximum atomic E-state index is 13.1. The minimum atomic E-state index is -3.12. The van der Waals surface area contributed by atoms with E-state index in [1.807, 2.05) is 0 Å². The molecule has 146 valence electrons. The summed E-state index contributed by atoms with van der Waals surface area (Å²) in [5.74, 6) is -0.888. The smallest absolute Gasteiger partial charge is 0.282 e. The Morgan fingerprint density at radius 3 is 2.44 bits per heavy atom. The molecule has 1 atom stereocenters. The molecular formula is C15H14F4N4O4. The van der Waals surface area contributed by atoms with Crippen molar-refractivity contribution in [2.24, 2.45) is 0 Å². The number of ether oxygens (including phenoxy) is 1. The lowest BCUT2D eigenvalue weighted by Crippen LogP contribution is -2.26. The van der Waals surface area contributed by atoms with Gasteiger partial charge in [0.05, 0.1) is 23.8 Å². The Kier molecular flexibility index (Phi) is 5.98. The Morgan fingerprint density at radius 1 is 1.26 bits per heavy atom. The second kappa shape index (κ2) is 8.01. The van der Waals surface area contributed by atoms with Gasteiger partial charge in [0.2, 0.25) is 5.91 Å². The molecular weight excluding hydrogens is 376 g/mol. The molecule has 0 aliphatic heterocycles. The van der Waals surface area contributed by atoms with Gasteiger partial charge in [-0.2, -0.15) is 5.10 Å². The predicted molar refractivity (Wildman–Crippen MR) is 85.1 cm³/mol. The number of methoxy groups -OCH3 is 1. The van der Waals surface area contributed by atoms with Crippen molar-refractivity contribution in [2.75, 3.05) is 12.4 Å². The Hall–Kier alpha value is -3.18. The number of aromatic nitrogens is 2. The summed E-state index contributed by atoms with van der Waals surface area (Å²) < 4.78 is 57.1. The van der Waals surface area contributed by atoms with E-state index in [0.717, 1.165) is 12.1 Å². The third-order valence-corrected chi connectivity index (χ3v) is 3.63. The van der Waals surface area contributed by atoms with Gasteiger partial charge in [-0.1, -0.05) is 0 Å². The van der Waals surface area contributed by atoms with Crippen LogP contribution >= 0.6 is 0 Å². The van der Waals surface area contributed by atoms with Crippen LogP contribution in [0.15, 0.2) is 24.3 Å². The van der Waals surface area contributed by atoms with Crippen molar-refractivity contribution in [2.45, 2.75) is 25.8 Å². The number of amides is 1. The van der Waals surface area contributed by atoms with Crippen molar-refractivity contribution in [3.8, 4) is 5.75 Å². The lowest BCUT2D eigenvalue weighted by molar-refractivity contribution is -0.384. The van der Waals surface area contributed by atoms with E-state index in [-0.39, 0.29) is 17.1 Å². The van der Waals surface area contributed by atoms with E-state index >= 15 is 0 Å². The number of hydrogen-bond acceptors (Lipinski definition) is 5. The monoisotopic (exact) mass is 390 g/mol. The van der Waals surface area contributed by atoms with Crippen LogP contribution in [0.1, 0.15) is 37.2 Å². The quantitative estimate of drug-likeness (QED) is 0.439. The number of hydrogen-bond donors (Lipinski definition) is 1. The minimum Gasteiger partial charge on any atom is -0.494 e. The molecule has 1 aromatic heterocycles. The largest absolute Gasteiger partial charge is 0.494 e. The number of nitro benzene ring substituents is 1. The molecule has 2 aromatic rings. The highest BCUT2D eigenvalue weighted by molar-refractivity contribution is 5.95. The third kappa shape index (κ3) is 4.33. The minimum absolute atomic E-state index is 0.0347. The van der Waals surface area contributed by atoms with Gasteiger partial charge in [-0.15, -0.1) is 0 Å². The first-order valence-electron chi connectivity index (χ1n) is 7.44. The number of non-ortho nitro benzene ring substituents is 1. The second-order valence-corrected chi connectivity index (χ2v) is 5.35. The molecule has 0 aliphatic carbocycles. The number of nitrogens with one attached hydrogen (secondary N) is 1. The van der Waals surface area contributed by atoms with Gasteiger partial charge >= 0.3 is 0 Å². The molecule has 12 heteroatoms. The van der Waals surface area contributed by atoms with Gasteiger partial charge in [-0.25, -0.2) is 17.6 Å². The number of halogens is 4. The summed E-state index contributed by atoms with van der Waals surface area (Å²) in [6.07, 6.45) is -6.19. The summed E-state index contributed by atoms with van der Waals surface area (Å²) in [6, 6.07) is 2.54. The fourth-order valence-corrected chi connectivity index (χ4v) is 2.25. The first-order valence-corrected chi connectivity index (χ1v) is 7.44. The molecule has 0 saturated heterocycles. The summed E-state index contributed by atoms with van der Waals surface area (Å²) in [5, 5.41) is 16.5. The SMILES string of the molecule is COc1cc([N+](=O)[O-])ccc1NC(=O)C(C)n1nc(C(F)F)cc1C(F)F. The topological polar surface area (TPSA) is 99.3 Å². The molecule has 0 fully saturated rings. The highest BCUT2D eigenvalue weighted by atomic mass is 19.3. The zero-order valence-corrected chi connectivity index (χ0v) is 14.0. The molecule has 27 heavy (non-hydrogen) atoms. The molecule has 1 heterocycles. The average molecular weight is 390 g/mol. The fraction of sp³-hybridized carbons (Fsp3) is 0.333. The molecule has 0 spiro atoms. The van der Waals surface area contributed by atoms with Gasteiger partial charge < -0.3 is 10.1 Å². The highest BCUT2D eigenvalue weighted by Crippen LogP contribution is 2.31. The molecule has 1 amide bonds. The standard InChI is InChI=1S/C15H14F4N4O4/c1-7(22-11(14(18)19)6-10(21-22)13(16)17)15(24)20-9-4-3-8(23(25)26)5-12(9)27-2/h3-7,13-14H,1-2H3,(H,20,24). The fourth-order valence-electron chi connectivity index (χ4n) is 2.25. The van der Waals surface area contributed by atoms with Crippen molar-refractivity contribution in [1.29, 1.82) is 0 Å². The zero-order valence-electron chi connectivity index (χ0n) is 14.0. The van der Waals surface area contributed by atoms with Crippen LogP contribution in [0.3, 0.4) is 0 Å². The van der Waals surface area contributed by atoms with Crippen LogP contribution in [0.2, 0.25) is 0 Å². The summed E-state index contributed by atoms with van der Waals surface area (Å²) in [5.41, 5.74) is -1.95. The van der Waals surface area contributed by atoms with Gasteiger partial charge in [0.1, 0.15) is 23.2 Å². The van der Waals surface area contributed by atoms with Gasteiger partial charge in [0.15, 0.2) is 0 Å². The van der Waals surface area contributed by atoms with E-state index in [0.29, 0.717) is 10.7 Å². The first-order chi connectivity index (χ1) is 12.6. The van der Waals surface area contributed by atoms with Gasteiger partial charge in [-0.3, -0.25) is 19.6 Å². The van der Waals surface area contributed by atoms with Crippen LogP contribution in [-0.4, -0.2) is 27.7 Å². The van der Waals surface area contributed by atoms with E-state index in [9.17, 15) is 32.5 Å². The average Bonchev–Trinajstić information content (AvgIpc) is 3.07. The van der Waals surface area contributed by atoms with Gasteiger partial charge in [0, 0.05) is 6.07 Å². The van der Waals surface area contributed by atoms with Crippen molar-refractivity contribution < 1.29 is 32.0 Å². The molecule has 1 N–H and O–H groups in total. The third-order valence-electron chi connectivity index (χ3n) is 3.63. The summed E-state index contributed by atoms with van der Waals surface area (Å²) in [4.78, 5) is 22.5.